The molecule has 1 amide bonds. The Morgan fingerprint density at radius 2 is 1.60 bits per heavy atom. The fourth-order valence-electron chi connectivity index (χ4n) is 3.69. The molecular formula is C23H27N3O4. The molecule has 0 saturated carbocycles. The molecule has 0 unspecified atom stereocenters. The minimum absolute atomic E-state index is 0.0254. The van der Waals surface area contributed by atoms with E-state index in [9.17, 15) is 4.79 Å². The first-order chi connectivity index (χ1) is 14.7. The Kier molecular flexibility index (Phi) is 6.21. The molecule has 0 aliphatic carbocycles. The highest BCUT2D eigenvalue weighted by molar-refractivity contribution is 5.82. The largest absolute Gasteiger partial charge is 0.497 e. The summed E-state index contributed by atoms with van der Waals surface area (Å²) in [7, 11) is 3.29. The van der Waals surface area contributed by atoms with E-state index in [4.69, 9.17) is 14.2 Å². The summed E-state index contributed by atoms with van der Waals surface area (Å²) in [6.45, 7) is 3.22. The van der Waals surface area contributed by atoms with Crippen molar-refractivity contribution in [2.75, 3.05) is 47.1 Å². The average molecular weight is 409 g/mol. The lowest BCUT2D eigenvalue weighted by molar-refractivity contribution is -0.136. The number of morpholine rings is 1. The van der Waals surface area contributed by atoms with Crippen molar-refractivity contribution in [3.63, 3.8) is 0 Å². The average Bonchev–Trinajstić information content (AvgIpc) is 3.25. The van der Waals surface area contributed by atoms with Crippen molar-refractivity contribution >= 4 is 11.6 Å². The van der Waals surface area contributed by atoms with Crippen LogP contribution in [0.15, 0.2) is 54.6 Å². The standard InChI is InChI=1S/C23H27N3O4/c1-28-19-7-3-17(4-8-19)21-15-22(18-5-9-20(29-2)10-6-18)26(24-21)23(27)16-25-11-13-30-14-12-25/h3-10,15,22,24H,11-14,16H2,1-2H3/t22-/m0/s1. The third-order valence-electron chi connectivity index (χ3n) is 5.43. The van der Waals surface area contributed by atoms with Gasteiger partial charge >= 0.3 is 0 Å². The Morgan fingerprint density at radius 3 is 2.20 bits per heavy atom. The third-order valence-corrected chi connectivity index (χ3v) is 5.43. The summed E-state index contributed by atoms with van der Waals surface area (Å²) in [6.07, 6.45) is 2.08. The maximum Gasteiger partial charge on any atom is 0.255 e. The summed E-state index contributed by atoms with van der Waals surface area (Å²) in [4.78, 5) is 15.3. The zero-order valence-electron chi connectivity index (χ0n) is 17.3. The first-order valence-electron chi connectivity index (χ1n) is 10.1. The van der Waals surface area contributed by atoms with Gasteiger partial charge in [0.05, 0.1) is 45.7 Å². The number of amides is 1. The van der Waals surface area contributed by atoms with Gasteiger partial charge in [0.25, 0.3) is 5.91 Å². The molecule has 30 heavy (non-hydrogen) atoms. The van der Waals surface area contributed by atoms with Crippen molar-refractivity contribution < 1.29 is 19.0 Å². The van der Waals surface area contributed by atoms with Gasteiger partial charge in [0, 0.05) is 13.1 Å². The second-order valence-electron chi connectivity index (χ2n) is 7.29. The molecule has 1 N–H and O–H groups in total. The van der Waals surface area contributed by atoms with Crippen molar-refractivity contribution in [3.05, 3.63) is 65.7 Å². The molecule has 2 heterocycles. The molecule has 1 saturated heterocycles. The van der Waals surface area contributed by atoms with Gasteiger partial charge in [-0.3, -0.25) is 15.1 Å². The van der Waals surface area contributed by atoms with Crippen molar-refractivity contribution in [2.45, 2.75) is 6.04 Å². The van der Waals surface area contributed by atoms with E-state index < -0.39 is 0 Å². The van der Waals surface area contributed by atoms with Crippen LogP contribution in [0.25, 0.3) is 5.70 Å². The lowest BCUT2D eigenvalue weighted by atomic mass is 10.0. The molecule has 158 valence electrons. The van der Waals surface area contributed by atoms with Gasteiger partial charge in [-0.25, -0.2) is 5.01 Å². The number of carbonyl (C=O) groups is 1. The maximum absolute atomic E-state index is 13.2. The number of hydrogen-bond donors (Lipinski definition) is 1. The number of carbonyl (C=O) groups excluding carboxylic acids is 1. The van der Waals surface area contributed by atoms with Crippen LogP contribution < -0.4 is 14.9 Å². The molecule has 1 fully saturated rings. The fourth-order valence-corrected chi connectivity index (χ4v) is 3.69. The lowest BCUT2D eigenvalue weighted by Gasteiger charge is -2.30. The zero-order valence-corrected chi connectivity index (χ0v) is 17.3. The van der Waals surface area contributed by atoms with Crippen LogP contribution in [-0.2, 0) is 9.53 Å². The van der Waals surface area contributed by atoms with Crippen LogP contribution in [0.2, 0.25) is 0 Å². The number of hydrogen-bond acceptors (Lipinski definition) is 6. The maximum atomic E-state index is 13.2. The predicted molar refractivity (Wildman–Crippen MR) is 114 cm³/mol. The van der Waals surface area contributed by atoms with Gasteiger partial charge < -0.3 is 14.2 Å². The first kappa shape index (κ1) is 20.3. The number of ether oxygens (including phenoxy) is 3. The number of benzene rings is 2. The third kappa shape index (κ3) is 4.42. The van der Waals surface area contributed by atoms with Crippen molar-refractivity contribution in [3.8, 4) is 11.5 Å². The quantitative estimate of drug-likeness (QED) is 0.791. The van der Waals surface area contributed by atoms with Crippen molar-refractivity contribution in [1.82, 2.24) is 15.3 Å². The van der Waals surface area contributed by atoms with Gasteiger partial charge in [-0.2, -0.15) is 0 Å². The second kappa shape index (κ2) is 9.19. The molecule has 2 aromatic rings. The van der Waals surface area contributed by atoms with Crippen molar-refractivity contribution in [1.29, 1.82) is 0 Å². The Morgan fingerprint density at radius 1 is 1.00 bits per heavy atom. The van der Waals surface area contributed by atoms with E-state index in [0.717, 1.165) is 41.4 Å². The fraction of sp³-hybridized carbons (Fsp3) is 0.348. The molecule has 2 aliphatic rings. The first-order valence-corrected chi connectivity index (χ1v) is 10.1. The van der Waals surface area contributed by atoms with Crippen LogP contribution >= 0.6 is 0 Å². The topological polar surface area (TPSA) is 63.3 Å². The van der Waals surface area contributed by atoms with E-state index in [1.807, 2.05) is 48.5 Å². The van der Waals surface area contributed by atoms with Gasteiger partial charge in [-0.05, 0) is 53.6 Å². The van der Waals surface area contributed by atoms with E-state index in [-0.39, 0.29) is 11.9 Å². The van der Waals surface area contributed by atoms with Gasteiger partial charge in [0.1, 0.15) is 11.5 Å². The summed E-state index contributed by atoms with van der Waals surface area (Å²) in [5.41, 5.74) is 6.24. The van der Waals surface area contributed by atoms with Crippen LogP contribution in [0.5, 0.6) is 11.5 Å². The smallest absolute Gasteiger partial charge is 0.255 e. The number of nitrogens with zero attached hydrogens (tertiary/aromatic N) is 2. The van der Waals surface area contributed by atoms with Gasteiger partial charge in [-0.15, -0.1) is 0 Å². The molecule has 0 radical (unpaired) electrons. The minimum Gasteiger partial charge on any atom is -0.497 e. The minimum atomic E-state index is -0.207. The number of nitrogens with one attached hydrogen (secondary N) is 1. The normalized spacial score (nSPS) is 19.2. The summed E-state index contributed by atoms with van der Waals surface area (Å²) >= 11 is 0. The summed E-state index contributed by atoms with van der Waals surface area (Å²) in [5, 5.41) is 1.72. The van der Waals surface area contributed by atoms with Gasteiger partial charge in [0.15, 0.2) is 0 Å². The van der Waals surface area contributed by atoms with E-state index >= 15 is 0 Å². The Hall–Kier alpha value is -3.03. The molecule has 4 rings (SSSR count). The lowest BCUT2D eigenvalue weighted by Crippen LogP contribution is -2.48. The molecule has 2 aliphatic heterocycles. The zero-order chi connectivity index (χ0) is 20.9. The molecule has 7 heteroatoms. The summed E-state index contributed by atoms with van der Waals surface area (Å²) < 4.78 is 15.9. The number of methoxy groups -OCH3 is 2. The second-order valence-corrected chi connectivity index (χ2v) is 7.29. The van der Waals surface area contributed by atoms with Gasteiger partial charge in [-0.1, -0.05) is 12.1 Å². The monoisotopic (exact) mass is 409 g/mol. The van der Waals surface area contributed by atoms with E-state index in [0.29, 0.717) is 19.8 Å². The van der Waals surface area contributed by atoms with Crippen LogP contribution in [-0.4, -0.2) is 62.9 Å². The van der Waals surface area contributed by atoms with E-state index in [1.54, 1.807) is 19.2 Å². The number of hydrazine groups is 1. The highest BCUT2D eigenvalue weighted by Crippen LogP contribution is 2.32. The van der Waals surface area contributed by atoms with Crippen LogP contribution in [0, 0.1) is 0 Å². The van der Waals surface area contributed by atoms with Crippen LogP contribution in [0.4, 0.5) is 0 Å². The molecule has 0 aromatic heterocycles. The molecule has 0 bridgehead atoms. The molecular weight excluding hydrogens is 382 g/mol. The van der Waals surface area contributed by atoms with E-state index in [2.05, 4.69) is 16.4 Å². The van der Waals surface area contributed by atoms with Gasteiger partial charge in [0.2, 0.25) is 0 Å². The Balaban J connectivity index is 1.58. The molecule has 0 spiro atoms. The SMILES string of the molecule is COc1ccc(C2=C[C@@H](c3ccc(OC)cc3)N(C(=O)CN3CCOCC3)N2)cc1. The summed E-state index contributed by atoms with van der Waals surface area (Å²) in [5.74, 6) is 1.61. The summed E-state index contributed by atoms with van der Waals surface area (Å²) in [6, 6.07) is 15.4. The highest BCUT2D eigenvalue weighted by Gasteiger charge is 2.31. The predicted octanol–water partition coefficient (Wildman–Crippen LogP) is 2.46. The van der Waals surface area contributed by atoms with E-state index in [1.165, 1.54) is 0 Å². The molecule has 2 aromatic carbocycles. The molecule has 7 nitrogen and oxygen atoms in total. The Labute approximate surface area is 176 Å². The Bertz CT molecular complexity index is 890. The number of rotatable bonds is 6. The van der Waals surface area contributed by atoms with Crippen LogP contribution in [0.3, 0.4) is 0 Å². The van der Waals surface area contributed by atoms with Crippen LogP contribution in [0.1, 0.15) is 17.2 Å². The highest BCUT2D eigenvalue weighted by atomic mass is 16.5. The van der Waals surface area contributed by atoms with Crippen molar-refractivity contribution in [2.24, 2.45) is 0 Å². The molecule has 1 atom stereocenters.